The van der Waals surface area contributed by atoms with Crippen molar-refractivity contribution < 1.29 is 19.1 Å². The van der Waals surface area contributed by atoms with Gasteiger partial charge in [-0.1, -0.05) is 38.2 Å². The highest BCUT2D eigenvalue weighted by atomic mass is 32.1. The van der Waals surface area contributed by atoms with E-state index in [1.54, 1.807) is 16.2 Å². The molecule has 3 aliphatic rings. The van der Waals surface area contributed by atoms with Crippen molar-refractivity contribution in [2.24, 2.45) is 0 Å². The quantitative estimate of drug-likeness (QED) is 0.550. The van der Waals surface area contributed by atoms with Crippen LogP contribution in [0.1, 0.15) is 67.9 Å². The highest BCUT2D eigenvalue weighted by molar-refractivity contribution is 7.17. The normalized spacial score (nSPS) is 22.7. The number of amides is 2. The molecule has 6 rings (SSSR count). The molecule has 0 bridgehead atoms. The number of fused-ring (bicyclic) bond motifs is 4. The lowest BCUT2D eigenvalue weighted by atomic mass is 9.91. The number of carbonyl (C=O) groups excluding carboxylic acids is 2. The van der Waals surface area contributed by atoms with Crippen LogP contribution >= 0.6 is 11.3 Å². The molecule has 2 amide bonds. The van der Waals surface area contributed by atoms with Crippen LogP contribution in [0.3, 0.4) is 0 Å². The lowest BCUT2D eigenvalue weighted by molar-refractivity contribution is -0.134. The highest BCUT2D eigenvalue weighted by Crippen LogP contribution is 2.37. The van der Waals surface area contributed by atoms with Crippen molar-refractivity contribution in [3.8, 4) is 11.5 Å². The van der Waals surface area contributed by atoms with Crippen LogP contribution in [0.25, 0.3) is 10.2 Å². The largest absolute Gasteiger partial charge is 0.454 e. The summed E-state index contributed by atoms with van der Waals surface area (Å²) in [6.07, 6.45) is 8.01. The van der Waals surface area contributed by atoms with Crippen LogP contribution in [0.2, 0.25) is 0 Å². The molecule has 1 aromatic carbocycles. The first-order valence-electron chi connectivity index (χ1n) is 12.6. The Labute approximate surface area is 209 Å². The van der Waals surface area contributed by atoms with Gasteiger partial charge in [0, 0.05) is 12.6 Å². The topological polar surface area (TPSA) is 72.8 Å². The van der Waals surface area contributed by atoms with Gasteiger partial charge in [-0.2, -0.15) is 0 Å². The van der Waals surface area contributed by atoms with Gasteiger partial charge in [-0.25, -0.2) is 0 Å². The van der Waals surface area contributed by atoms with Crippen molar-refractivity contribution in [3.05, 3.63) is 47.0 Å². The summed E-state index contributed by atoms with van der Waals surface area (Å²) in [7, 11) is 0. The van der Waals surface area contributed by atoms with E-state index in [2.05, 4.69) is 5.32 Å². The van der Waals surface area contributed by atoms with Crippen LogP contribution in [-0.2, 0) is 17.9 Å². The van der Waals surface area contributed by atoms with E-state index in [0.717, 1.165) is 41.5 Å². The molecule has 0 saturated heterocycles. The number of aromatic nitrogens is 1. The Morgan fingerprint density at radius 3 is 2.69 bits per heavy atom. The average molecular weight is 494 g/mol. The molecule has 1 fully saturated rings. The fourth-order valence-corrected chi connectivity index (χ4v) is 6.51. The SMILES string of the molecule is C[C@]1(C(=O)NC2CCCCCCC2)Cn2c(cc3sccc32)C(=O)N1Cc1ccc2c(c1)OCO2. The van der Waals surface area contributed by atoms with Gasteiger partial charge in [0.25, 0.3) is 5.91 Å². The Bertz CT molecular complexity index is 1270. The highest BCUT2D eigenvalue weighted by Gasteiger charge is 2.48. The third-order valence-electron chi connectivity index (χ3n) is 7.76. The molecule has 35 heavy (non-hydrogen) atoms. The fourth-order valence-electron chi connectivity index (χ4n) is 5.68. The van der Waals surface area contributed by atoms with Crippen molar-refractivity contribution in [1.82, 2.24) is 14.8 Å². The summed E-state index contributed by atoms with van der Waals surface area (Å²) in [5.74, 6) is 1.20. The standard InChI is InChI=1S/C27H31N3O4S/c1-27(26(32)28-19-7-5-3-2-4-6-8-19)16-29-20-11-12-35-24(20)14-21(29)25(31)30(27)15-18-9-10-22-23(13-18)34-17-33-22/h9-14,19H,2-8,15-17H2,1H3,(H,28,32)/t27-/m1/s1. The average Bonchev–Trinajstić information content (AvgIpc) is 3.55. The second-order valence-corrected chi connectivity index (χ2v) is 11.1. The Kier molecular flexibility index (Phi) is 5.71. The first-order chi connectivity index (χ1) is 17.0. The number of rotatable bonds is 4. The first kappa shape index (κ1) is 22.5. The Morgan fingerprint density at radius 1 is 1.09 bits per heavy atom. The van der Waals surface area contributed by atoms with Crippen LogP contribution in [0.15, 0.2) is 35.7 Å². The zero-order valence-electron chi connectivity index (χ0n) is 20.0. The molecule has 3 aromatic rings. The van der Waals surface area contributed by atoms with E-state index in [-0.39, 0.29) is 24.6 Å². The second kappa shape index (κ2) is 8.90. The van der Waals surface area contributed by atoms with Crippen LogP contribution in [-0.4, -0.2) is 39.7 Å². The summed E-state index contributed by atoms with van der Waals surface area (Å²) in [5.41, 5.74) is 1.56. The van der Waals surface area contributed by atoms with Crippen molar-refractivity contribution in [2.75, 3.05) is 6.79 Å². The van der Waals surface area contributed by atoms with E-state index in [4.69, 9.17) is 9.47 Å². The Morgan fingerprint density at radius 2 is 1.86 bits per heavy atom. The van der Waals surface area contributed by atoms with Crippen LogP contribution in [0.5, 0.6) is 11.5 Å². The van der Waals surface area contributed by atoms with Gasteiger partial charge >= 0.3 is 0 Å². The van der Waals surface area contributed by atoms with Gasteiger partial charge in [0.1, 0.15) is 11.2 Å². The molecule has 184 valence electrons. The van der Waals surface area contributed by atoms with Gasteiger partial charge in [0.05, 0.1) is 16.8 Å². The predicted octanol–water partition coefficient (Wildman–Crippen LogP) is 5.08. The summed E-state index contributed by atoms with van der Waals surface area (Å²) >= 11 is 1.62. The molecule has 1 atom stereocenters. The van der Waals surface area contributed by atoms with E-state index in [9.17, 15) is 9.59 Å². The number of nitrogens with one attached hydrogen (secondary N) is 1. The molecular formula is C27H31N3O4S. The monoisotopic (exact) mass is 493 g/mol. The third-order valence-corrected chi connectivity index (χ3v) is 8.61. The Hall–Kier alpha value is -3.00. The summed E-state index contributed by atoms with van der Waals surface area (Å²) in [6, 6.07) is 9.89. The summed E-state index contributed by atoms with van der Waals surface area (Å²) in [4.78, 5) is 29.6. The van der Waals surface area contributed by atoms with Gasteiger partial charge in [0.2, 0.25) is 12.7 Å². The van der Waals surface area contributed by atoms with Crippen LogP contribution in [0.4, 0.5) is 0 Å². The molecule has 8 heteroatoms. The van der Waals surface area contributed by atoms with E-state index in [0.29, 0.717) is 30.3 Å². The zero-order valence-corrected chi connectivity index (χ0v) is 20.9. The molecule has 2 aliphatic heterocycles. The minimum absolute atomic E-state index is 0.0695. The van der Waals surface area contributed by atoms with E-state index < -0.39 is 5.54 Å². The molecular weight excluding hydrogens is 462 g/mol. The summed E-state index contributed by atoms with van der Waals surface area (Å²) < 4.78 is 14.1. The smallest absolute Gasteiger partial charge is 0.271 e. The van der Waals surface area contributed by atoms with Crippen LogP contribution < -0.4 is 14.8 Å². The van der Waals surface area contributed by atoms with E-state index in [1.807, 2.05) is 47.2 Å². The third kappa shape index (κ3) is 3.97. The lowest BCUT2D eigenvalue weighted by Gasteiger charge is -2.44. The fraction of sp³-hybridized carbons (Fsp3) is 0.481. The number of nitrogens with zero attached hydrogens (tertiary/aromatic N) is 2. The van der Waals surface area contributed by atoms with Crippen LogP contribution in [0, 0.1) is 0 Å². The van der Waals surface area contributed by atoms with Gasteiger partial charge in [-0.15, -0.1) is 11.3 Å². The Balaban J connectivity index is 1.34. The summed E-state index contributed by atoms with van der Waals surface area (Å²) in [6.45, 7) is 2.87. The molecule has 7 nitrogen and oxygen atoms in total. The zero-order chi connectivity index (χ0) is 24.0. The number of thiophene rings is 1. The second-order valence-electron chi connectivity index (χ2n) is 10.2. The van der Waals surface area contributed by atoms with Gasteiger partial charge in [-0.05, 0) is 55.0 Å². The maximum Gasteiger partial charge on any atom is 0.271 e. The van der Waals surface area contributed by atoms with Crippen molar-refractivity contribution >= 4 is 33.4 Å². The maximum absolute atomic E-state index is 14.0. The van der Waals surface area contributed by atoms with Gasteiger partial charge in [0.15, 0.2) is 11.5 Å². The molecule has 0 spiro atoms. The maximum atomic E-state index is 14.0. The predicted molar refractivity (Wildman–Crippen MR) is 135 cm³/mol. The number of hydrogen-bond donors (Lipinski definition) is 1. The van der Waals surface area contributed by atoms with Gasteiger partial charge in [-0.3, -0.25) is 9.59 Å². The number of carbonyl (C=O) groups is 2. The minimum atomic E-state index is -1.02. The molecule has 0 unspecified atom stereocenters. The first-order valence-corrected chi connectivity index (χ1v) is 13.5. The van der Waals surface area contributed by atoms with E-state index >= 15 is 0 Å². The minimum Gasteiger partial charge on any atom is -0.454 e. The molecule has 1 saturated carbocycles. The lowest BCUT2D eigenvalue weighted by Crippen LogP contribution is -2.64. The number of hydrogen-bond acceptors (Lipinski definition) is 5. The van der Waals surface area contributed by atoms with E-state index in [1.165, 1.54) is 19.3 Å². The molecule has 4 heterocycles. The van der Waals surface area contributed by atoms with Crippen molar-refractivity contribution in [1.29, 1.82) is 0 Å². The summed E-state index contributed by atoms with van der Waals surface area (Å²) in [5, 5.41) is 5.39. The molecule has 0 radical (unpaired) electrons. The molecule has 1 N–H and O–H groups in total. The molecule has 1 aliphatic carbocycles. The van der Waals surface area contributed by atoms with Crippen molar-refractivity contribution in [3.63, 3.8) is 0 Å². The van der Waals surface area contributed by atoms with Crippen molar-refractivity contribution in [2.45, 2.75) is 76.5 Å². The number of benzene rings is 1. The van der Waals surface area contributed by atoms with Gasteiger partial charge < -0.3 is 24.3 Å². The number of ether oxygens (including phenoxy) is 2. The molecule has 2 aromatic heterocycles.